The third-order valence-corrected chi connectivity index (χ3v) is 8.47. The summed E-state index contributed by atoms with van der Waals surface area (Å²) < 4.78 is 13.4. The second-order valence-corrected chi connectivity index (χ2v) is 11.1. The van der Waals surface area contributed by atoms with E-state index in [4.69, 9.17) is 20.8 Å². The van der Waals surface area contributed by atoms with Gasteiger partial charge in [0.05, 0.1) is 32.4 Å². The molecular formula is C31H29ClN4O6S. The van der Waals surface area contributed by atoms with E-state index in [-0.39, 0.29) is 40.0 Å². The van der Waals surface area contributed by atoms with Gasteiger partial charge in [0, 0.05) is 36.5 Å². The van der Waals surface area contributed by atoms with Crippen molar-refractivity contribution in [1.82, 2.24) is 4.57 Å². The molecule has 0 amide bonds. The molecule has 1 atom stereocenters. The summed E-state index contributed by atoms with van der Waals surface area (Å²) >= 11 is 7.57. The molecule has 0 spiro atoms. The lowest BCUT2D eigenvalue weighted by Gasteiger charge is -2.22. The minimum absolute atomic E-state index is 0.128. The van der Waals surface area contributed by atoms with Crippen molar-refractivity contribution in [2.75, 3.05) is 24.6 Å². The van der Waals surface area contributed by atoms with Crippen LogP contribution in [0.1, 0.15) is 45.1 Å². The summed E-state index contributed by atoms with van der Waals surface area (Å²) in [5, 5.41) is 11.6. The van der Waals surface area contributed by atoms with Crippen LogP contribution in [0.2, 0.25) is 5.02 Å². The van der Waals surface area contributed by atoms with Crippen LogP contribution in [-0.4, -0.2) is 35.2 Å². The average molecular weight is 621 g/mol. The monoisotopic (exact) mass is 620 g/mol. The van der Waals surface area contributed by atoms with E-state index in [0.29, 0.717) is 20.6 Å². The fourth-order valence-corrected chi connectivity index (χ4v) is 6.30. The van der Waals surface area contributed by atoms with Crippen molar-refractivity contribution in [1.29, 1.82) is 0 Å². The number of anilines is 1. The Balaban J connectivity index is 1.64. The number of allylic oxidation sites excluding steroid dienone is 1. The first-order chi connectivity index (χ1) is 20.7. The van der Waals surface area contributed by atoms with Gasteiger partial charge in [-0.05, 0) is 69.7 Å². The van der Waals surface area contributed by atoms with Crippen molar-refractivity contribution in [3.05, 3.63) is 112 Å². The number of rotatable bonds is 9. The lowest BCUT2D eigenvalue weighted by molar-refractivity contribution is -0.384. The molecule has 222 valence electrons. The fraction of sp³-hybridized carbons (Fsp3) is 0.258. The summed E-state index contributed by atoms with van der Waals surface area (Å²) in [6, 6.07) is 14.2. The van der Waals surface area contributed by atoms with E-state index in [9.17, 15) is 19.7 Å². The predicted molar refractivity (Wildman–Crippen MR) is 166 cm³/mol. The Morgan fingerprint density at radius 3 is 2.53 bits per heavy atom. The van der Waals surface area contributed by atoms with Crippen molar-refractivity contribution in [3.63, 3.8) is 0 Å². The van der Waals surface area contributed by atoms with Crippen LogP contribution in [0.4, 0.5) is 11.4 Å². The molecule has 2 aromatic heterocycles. The molecule has 0 fully saturated rings. The van der Waals surface area contributed by atoms with Gasteiger partial charge in [-0.2, -0.15) is 0 Å². The zero-order valence-electron chi connectivity index (χ0n) is 24.0. The van der Waals surface area contributed by atoms with Crippen LogP contribution in [-0.2, 0) is 9.53 Å². The van der Waals surface area contributed by atoms with Gasteiger partial charge >= 0.3 is 5.97 Å². The van der Waals surface area contributed by atoms with Gasteiger partial charge in [-0.1, -0.05) is 35.1 Å². The number of hydrogen-bond acceptors (Lipinski definition) is 9. The normalized spacial score (nSPS) is 14.8. The molecule has 0 saturated carbocycles. The highest BCUT2D eigenvalue weighted by Gasteiger charge is 2.35. The van der Waals surface area contributed by atoms with Crippen molar-refractivity contribution >= 4 is 46.4 Å². The number of fused-ring (bicyclic) bond motifs is 1. The van der Waals surface area contributed by atoms with Crippen LogP contribution < -0.4 is 19.8 Å². The SMILES string of the molecule is CCOC(=O)C1=C(C)N=c2s/c(=C\c3ccc(N(CC)CC)cc3)c(=O)n2[C@@H]1c1ccc(-c2cc([N+](=O)[O-])ccc2Cl)o1. The second kappa shape index (κ2) is 12.4. The molecule has 1 aliphatic rings. The number of esters is 1. The Hall–Kier alpha value is -4.48. The molecule has 0 N–H and O–H groups in total. The lowest BCUT2D eigenvalue weighted by atomic mass is 10.0. The number of halogens is 1. The number of carbonyl (C=O) groups excluding carboxylic acids is 1. The highest BCUT2D eigenvalue weighted by Crippen LogP contribution is 2.37. The molecule has 0 radical (unpaired) electrons. The van der Waals surface area contributed by atoms with Crippen molar-refractivity contribution < 1.29 is 18.9 Å². The molecule has 2 aromatic carbocycles. The first-order valence-electron chi connectivity index (χ1n) is 13.8. The third kappa shape index (κ3) is 5.78. The van der Waals surface area contributed by atoms with Crippen molar-refractivity contribution in [2.24, 2.45) is 4.99 Å². The van der Waals surface area contributed by atoms with Crippen LogP contribution >= 0.6 is 22.9 Å². The number of furan rings is 1. The van der Waals surface area contributed by atoms with E-state index in [1.807, 2.05) is 24.3 Å². The summed E-state index contributed by atoms with van der Waals surface area (Å²) in [6.45, 7) is 9.48. The van der Waals surface area contributed by atoms with E-state index >= 15 is 0 Å². The largest absolute Gasteiger partial charge is 0.463 e. The maximum Gasteiger partial charge on any atom is 0.338 e. The number of benzene rings is 2. The number of nitrogens with zero attached hydrogens (tertiary/aromatic N) is 4. The first-order valence-corrected chi connectivity index (χ1v) is 14.9. The highest BCUT2D eigenvalue weighted by atomic mass is 35.5. The van der Waals surface area contributed by atoms with Crippen molar-refractivity contribution in [3.8, 4) is 11.3 Å². The number of nitro benzene ring substituents is 1. The number of aromatic nitrogens is 1. The minimum Gasteiger partial charge on any atom is -0.463 e. The summed E-state index contributed by atoms with van der Waals surface area (Å²) in [4.78, 5) is 45.2. The zero-order valence-corrected chi connectivity index (χ0v) is 25.6. The molecule has 0 saturated heterocycles. The maximum absolute atomic E-state index is 13.9. The van der Waals surface area contributed by atoms with E-state index in [1.165, 1.54) is 34.1 Å². The van der Waals surface area contributed by atoms with E-state index < -0.39 is 16.9 Å². The lowest BCUT2D eigenvalue weighted by Crippen LogP contribution is -2.39. The van der Waals surface area contributed by atoms with Crippen LogP contribution in [0.25, 0.3) is 17.4 Å². The van der Waals surface area contributed by atoms with Gasteiger partial charge in [0.25, 0.3) is 11.2 Å². The molecule has 43 heavy (non-hydrogen) atoms. The van der Waals surface area contributed by atoms with E-state index in [1.54, 1.807) is 32.1 Å². The zero-order chi connectivity index (χ0) is 30.8. The number of thiazole rings is 1. The van der Waals surface area contributed by atoms with Crippen LogP contribution in [0, 0.1) is 10.1 Å². The molecular weight excluding hydrogens is 592 g/mol. The molecule has 12 heteroatoms. The Morgan fingerprint density at radius 2 is 1.88 bits per heavy atom. The Labute approximate surface area is 256 Å². The molecule has 1 aliphatic heterocycles. The summed E-state index contributed by atoms with van der Waals surface area (Å²) in [6.07, 6.45) is 1.80. The summed E-state index contributed by atoms with van der Waals surface area (Å²) in [5.41, 5.74) is 2.30. The van der Waals surface area contributed by atoms with Crippen LogP contribution in [0.15, 0.2) is 80.1 Å². The van der Waals surface area contributed by atoms with Gasteiger partial charge < -0.3 is 14.1 Å². The Morgan fingerprint density at radius 1 is 1.16 bits per heavy atom. The topological polar surface area (TPSA) is 120 Å². The minimum atomic E-state index is -0.978. The van der Waals surface area contributed by atoms with Crippen LogP contribution in [0.3, 0.4) is 0 Å². The smallest absolute Gasteiger partial charge is 0.338 e. The quantitative estimate of drug-likeness (QED) is 0.138. The van der Waals surface area contributed by atoms with Gasteiger partial charge in [-0.25, -0.2) is 9.79 Å². The van der Waals surface area contributed by atoms with E-state index in [0.717, 1.165) is 24.3 Å². The van der Waals surface area contributed by atoms with Gasteiger partial charge in [-0.15, -0.1) is 0 Å². The molecule has 0 unspecified atom stereocenters. The summed E-state index contributed by atoms with van der Waals surface area (Å²) in [5.74, 6) is -0.121. The Kier molecular flexibility index (Phi) is 8.65. The standard InChI is InChI=1S/C31H29ClN4O6S/c1-5-34(6-2)20-10-8-19(9-11-20)16-26-29(37)35-28(27(30(38)41-7-3)18(4)33-31(35)43-26)25-15-14-24(42-25)22-17-21(36(39)40)12-13-23(22)32/h8-17,28H,5-7H2,1-4H3/b26-16-/t28-/m1/s1. The molecule has 4 aromatic rings. The van der Waals surface area contributed by atoms with Crippen molar-refractivity contribution in [2.45, 2.75) is 33.7 Å². The van der Waals surface area contributed by atoms with Gasteiger partial charge in [-0.3, -0.25) is 19.5 Å². The van der Waals surface area contributed by atoms with Gasteiger partial charge in [0.1, 0.15) is 17.6 Å². The van der Waals surface area contributed by atoms with E-state index in [2.05, 4.69) is 23.7 Å². The molecule has 5 rings (SSSR count). The van der Waals surface area contributed by atoms with Gasteiger partial charge in [0.15, 0.2) is 4.80 Å². The maximum atomic E-state index is 13.9. The van der Waals surface area contributed by atoms with Gasteiger partial charge in [0.2, 0.25) is 0 Å². The third-order valence-electron chi connectivity index (χ3n) is 7.16. The molecule has 0 bridgehead atoms. The highest BCUT2D eigenvalue weighted by molar-refractivity contribution is 7.07. The second-order valence-electron chi connectivity index (χ2n) is 9.69. The summed E-state index contributed by atoms with van der Waals surface area (Å²) in [7, 11) is 0. The fourth-order valence-electron chi connectivity index (χ4n) is 5.04. The van der Waals surface area contributed by atoms with Crippen LogP contribution in [0.5, 0.6) is 0 Å². The number of non-ortho nitro benzene ring substituents is 1. The number of ether oxygens (including phenoxy) is 1. The predicted octanol–water partition coefficient (Wildman–Crippen LogP) is 5.47. The number of carbonyl (C=O) groups is 1. The average Bonchev–Trinajstić information content (AvgIpc) is 3.59. The molecule has 0 aliphatic carbocycles. The first kappa shape index (κ1) is 30.0. The number of hydrogen-bond donors (Lipinski definition) is 0. The number of nitro groups is 1. The Bertz CT molecular complexity index is 1920. The molecule has 3 heterocycles. The molecule has 10 nitrogen and oxygen atoms in total.